The van der Waals surface area contributed by atoms with Crippen LogP contribution in [-0.4, -0.2) is 47.9 Å². The van der Waals surface area contributed by atoms with Crippen LogP contribution in [0.25, 0.3) is 10.9 Å². The van der Waals surface area contributed by atoms with E-state index in [-0.39, 0.29) is 11.6 Å². The van der Waals surface area contributed by atoms with Crippen molar-refractivity contribution in [2.24, 2.45) is 0 Å². The Morgan fingerprint density at radius 1 is 1.03 bits per heavy atom. The molecule has 0 bridgehead atoms. The lowest BCUT2D eigenvalue weighted by Crippen LogP contribution is -2.48. The van der Waals surface area contributed by atoms with Gasteiger partial charge in [0.25, 0.3) is 5.91 Å². The van der Waals surface area contributed by atoms with Gasteiger partial charge >= 0.3 is 0 Å². The maximum Gasteiger partial charge on any atom is 0.272 e. The molecule has 3 aromatic rings. The number of benzene rings is 2. The van der Waals surface area contributed by atoms with E-state index < -0.39 is 17.5 Å². The van der Waals surface area contributed by atoms with E-state index in [0.29, 0.717) is 48.5 Å². The van der Waals surface area contributed by atoms with Crippen molar-refractivity contribution in [1.82, 2.24) is 9.88 Å². The van der Waals surface area contributed by atoms with Gasteiger partial charge in [0.2, 0.25) is 5.91 Å². The third-order valence-corrected chi connectivity index (χ3v) is 5.09. The number of nitrogens with zero attached hydrogens (tertiary/aromatic N) is 2. The van der Waals surface area contributed by atoms with Gasteiger partial charge in [0, 0.05) is 55.4 Å². The number of aromatic nitrogens is 1. The molecule has 0 aliphatic carbocycles. The van der Waals surface area contributed by atoms with E-state index in [2.05, 4.69) is 10.3 Å². The predicted molar refractivity (Wildman–Crippen MR) is 107 cm³/mol. The molecule has 2 aromatic carbocycles. The van der Waals surface area contributed by atoms with E-state index >= 15 is 0 Å². The number of carbonyl (C=O) groups is 2. The molecule has 1 saturated heterocycles. The van der Waals surface area contributed by atoms with Crippen LogP contribution in [0.4, 0.5) is 20.2 Å². The molecular weight excluding hydrogens is 378 g/mol. The molecule has 0 atom stereocenters. The maximum atomic E-state index is 14.2. The third kappa shape index (κ3) is 3.91. The zero-order valence-corrected chi connectivity index (χ0v) is 15.8. The first-order chi connectivity index (χ1) is 13.9. The van der Waals surface area contributed by atoms with Gasteiger partial charge in [-0.2, -0.15) is 0 Å². The average Bonchev–Trinajstić information content (AvgIpc) is 3.13. The Hall–Kier alpha value is -3.42. The number of amides is 2. The van der Waals surface area contributed by atoms with Crippen LogP contribution in [0.2, 0.25) is 0 Å². The number of hydrogen-bond donors (Lipinski definition) is 2. The molecule has 29 heavy (non-hydrogen) atoms. The summed E-state index contributed by atoms with van der Waals surface area (Å²) in [6.45, 7) is 3.82. The molecule has 8 heteroatoms. The topological polar surface area (TPSA) is 68.4 Å². The van der Waals surface area contributed by atoms with Crippen LogP contribution in [0.3, 0.4) is 0 Å². The molecule has 1 aliphatic heterocycles. The predicted octanol–water partition coefficient (Wildman–Crippen LogP) is 3.37. The van der Waals surface area contributed by atoms with Crippen LogP contribution in [0.5, 0.6) is 0 Å². The van der Waals surface area contributed by atoms with Gasteiger partial charge in [-0.25, -0.2) is 8.78 Å². The minimum absolute atomic E-state index is 0.0200. The number of fused-ring (bicyclic) bond motifs is 1. The van der Waals surface area contributed by atoms with Gasteiger partial charge in [-0.05, 0) is 36.4 Å². The fraction of sp³-hybridized carbons (Fsp3) is 0.238. The Kier molecular flexibility index (Phi) is 4.92. The summed E-state index contributed by atoms with van der Waals surface area (Å²) in [5.41, 5.74) is 1.63. The molecule has 1 aliphatic rings. The smallest absolute Gasteiger partial charge is 0.272 e. The standard InChI is InChI=1S/C21H20F2N4O2/c1-13(28)26-5-7-27(8-6-26)16-10-14(22)9-15(11-16)24-21(29)20-12-17-18(23)3-2-4-19(17)25-20/h2-4,9-12,25H,5-8H2,1H3,(H,24,29). The van der Waals surface area contributed by atoms with Crippen LogP contribution >= 0.6 is 0 Å². The summed E-state index contributed by atoms with van der Waals surface area (Å²) in [7, 11) is 0. The highest BCUT2D eigenvalue weighted by molar-refractivity contribution is 6.06. The second-order valence-electron chi connectivity index (χ2n) is 7.03. The lowest BCUT2D eigenvalue weighted by molar-refractivity contribution is -0.129. The molecule has 0 radical (unpaired) electrons. The first-order valence-electron chi connectivity index (χ1n) is 9.30. The monoisotopic (exact) mass is 398 g/mol. The van der Waals surface area contributed by atoms with Crippen molar-refractivity contribution in [3.63, 3.8) is 0 Å². The normalized spacial score (nSPS) is 14.3. The van der Waals surface area contributed by atoms with Crippen molar-refractivity contribution in [3.05, 3.63) is 59.8 Å². The average molecular weight is 398 g/mol. The quantitative estimate of drug-likeness (QED) is 0.711. The van der Waals surface area contributed by atoms with Crippen molar-refractivity contribution in [2.75, 3.05) is 36.4 Å². The van der Waals surface area contributed by atoms with Gasteiger partial charge in [0.1, 0.15) is 17.3 Å². The highest BCUT2D eigenvalue weighted by Crippen LogP contribution is 2.24. The Labute approximate surface area is 166 Å². The van der Waals surface area contributed by atoms with Crippen LogP contribution in [-0.2, 0) is 4.79 Å². The van der Waals surface area contributed by atoms with Crippen molar-refractivity contribution < 1.29 is 18.4 Å². The second-order valence-corrected chi connectivity index (χ2v) is 7.03. The molecular formula is C21H20F2N4O2. The molecule has 2 heterocycles. The molecule has 0 saturated carbocycles. The molecule has 0 spiro atoms. The van der Waals surface area contributed by atoms with E-state index in [0.717, 1.165) is 0 Å². The van der Waals surface area contributed by atoms with Crippen molar-refractivity contribution in [2.45, 2.75) is 6.92 Å². The lowest BCUT2D eigenvalue weighted by atomic mass is 10.2. The summed E-state index contributed by atoms with van der Waals surface area (Å²) in [4.78, 5) is 30.6. The molecule has 2 amide bonds. The number of H-pyrrole nitrogens is 1. The largest absolute Gasteiger partial charge is 0.368 e. The van der Waals surface area contributed by atoms with Gasteiger partial charge < -0.3 is 20.1 Å². The van der Waals surface area contributed by atoms with Gasteiger partial charge in [-0.3, -0.25) is 9.59 Å². The molecule has 2 N–H and O–H groups in total. The van der Waals surface area contributed by atoms with Gasteiger partial charge in [-0.1, -0.05) is 6.07 Å². The molecule has 150 valence electrons. The van der Waals surface area contributed by atoms with Crippen LogP contribution in [0, 0.1) is 11.6 Å². The Bertz CT molecular complexity index is 1090. The number of halogens is 2. The fourth-order valence-corrected chi connectivity index (χ4v) is 3.55. The van der Waals surface area contributed by atoms with Crippen LogP contribution < -0.4 is 10.2 Å². The minimum Gasteiger partial charge on any atom is -0.368 e. The van der Waals surface area contributed by atoms with E-state index in [9.17, 15) is 18.4 Å². The third-order valence-electron chi connectivity index (χ3n) is 5.09. The van der Waals surface area contributed by atoms with Crippen molar-refractivity contribution in [3.8, 4) is 0 Å². The Morgan fingerprint density at radius 3 is 2.48 bits per heavy atom. The number of nitrogens with one attached hydrogen (secondary N) is 2. The highest BCUT2D eigenvalue weighted by atomic mass is 19.1. The first kappa shape index (κ1) is 18.9. The summed E-state index contributed by atoms with van der Waals surface area (Å²) in [6, 6.07) is 10.3. The lowest BCUT2D eigenvalue weighted by Gasteiger charge is -2.35. The van der Waals surface area contributed by atoms with Gasteiger partial charge in [0.05, 0.1) is 0 Å². The van der Waals surface area contributed by atoms with E-state index in [4.69, 9.17) is 0 Å². The number of carbonyl (C=O) groups excluding carboxylic acids is 2. The maximum absolute atomic E-state index is 14.2. The number of hydrogen-bond acceptors (Lipinski definition) is 3. The van der Waals surface area contributed by atoms with Crippen LogP contribution in [0.1, 0.15) is 17.4 Å². The SMILES string of the molecule is CC(=O)N1CCN(c2cc(F)cc(NC(=O)c3cc4c(F)cccc4[nH]3)c2)CC1. The van der Waals surface area contributed by atoms with Crippen LogP contribution in [0.15, 0.2) is 42.5 Å². The summed E-state index contributed by atoms with van der Waals surface area (Å²) >= 11 is 0. The Balaban J connectivity index is 1.52. The summed E-state index contributed by atoms with van der Waals surface area (Å²) in [5.74, 6) is -1.37. The van der Waals surface area contributed by atoms with Crippen molar-refractivity contribution >= 4 is 34.1 Å². The summed E-state index contributed by atoms with van der Waals surface area (Å²) < 4.78 is 28.0. The fourth-order valence-electron chi connectivity index (χ4n) is 3.55. The molecule has 1 fully saturated rings. The number of anilines is 2. The highest BCUT2D eigenvalue weighted by Gasteiger charge is 2.20. The molecule has 6 nitrogen and oxygen atoms in total. The van der Waals surface area contributed by atoms with E-state index in [1.54, 1.807) is 23.1 Å². The number of aromatic amines is 1. The van der Waals surface area contributed by atoms with Crippen molar-refractivity contribution in [1.29, 1.82) is 0 Å². The zero-order valence-electron chi connectivity index (χ0n) is 15.8. The number of rotatable bonds is 3. The van der Waals surface area contributed by atoms with Gasteiger partial charge in [-0.15, -0.1) is 0 Å². The second kappa shape index (κ2) is 7.54. The zero-order chi connectivity index (χ0) is 20.5. The number of piperazine rings is 1. The molecule has 1 aromatic heterocycles. The molecule has 4 rings (SSSR count). The first-order valence-corrected chi connectivity index (χ1v) is 9.30. The minimum atomic E-state index is -0.487. The summed E-state index contributed by atoms with van der Waals surface area (Å²) in [6.07, 6.45) is 0. The molecule has 0 unspecified atom stereocenters. The van der Waals surface area contributed by atoms with Gasteiger partial charge in [0.15, 0.2) is 0 Å². The van der Waals surface area contributed by atoms with E-state index in [1.165, 1.54) is 31.2 Å². The van der Waals surface area contributed by atoms with E-state index in [1.807, 2.05) is 4.90 Å². The Morgan fingerprint density at radius 2 is 1.79 bits per heavy atom. The summed E-state index contributed by atoms with van der Waals surface area (Å²) in [5, 5.41) is 2.98.